The van der Waals surface area contributed by atoms with Gasteiger partial charge in [-0.05, 0) is 30.2 Å². The van der Waals surface area contributed by atoms with Crippen LogP contribution in [0.2, 0.25) is 0 Å². The number of cyclic esters (lactones) is 1. The zero-order valence-corrected chi connectivity index (χ0v) is 18.2. The molecule has 1 atom stereocenters. The van der Waals surface area contributed by atoms with Gasteiger partial charge >= 0.3 is 6.09 Å². The van der Waals surface area contributed by atoms with Crippen LogP contribution in [-0.2, 0) is 16.1 Å². The van der Waals surface area contributed by atoms with Crippen LogP contribution in [-0.4, -0.2) is 56.7 Å². The molecule has 0 aromatic heterocycles. The number of aliphatic imine (C=N–C) groups is 1. The van der Waals surface area contributed by atoms with Crippen molar-refractivity contribution < 1.29 is 14.3 Å². The number of hydrogen-bond acceptors (Lipinski definition) is 4. The molecule has 2 aromatic carbocycles. The number of nitrogens with one attached hydrogen (secondary N) is 2. The first kappa shape index (κ1) is 22.1. The van der Waals surface area contributed by atoms with E-state index in [4.69, 9.17) is 4.74 Å². The predicted octanol–water partition coefficient (Wildman–Crippen LogP) is 2.53. The van der Waals surface area contributed by atoms with Crippen molar-refractivity contribution in [3.63, 3.8) is 0 Å². The summed E-state index contributed by atoms with van der Waals surface area (Å²) < 4.78 is 4.98. The van der Waals surface area contributed by atoms with E-state index in [1.165, 1.54) is 4.90 Å². The third-order valence-electron chi connectivity index (χ3n) is 4.99. The van der Waals surface area contributed by atoms with E-state index < -0.39 is 0 Å². The molecule has 2 N–H and O–H groups in total. The fourth-order valence-corrected chi connectivity index (χ4v) is 3.08. The summed E-state index contributed by atoms with van der Waals surface area (Å²) in [6.45, 7) is 3.60. The molecule has 1 saturated heterocycles. The van der Waals surface area contributed by atoms with Crippen LogP contribution in [0.5, 0.6) is 0 Å². The predicted molar refractivity (Wildman–Crippen MR) is 121 cm³/mol. The monoisotopic (exact) mass is 423 g/mol. The number of guanidine groups is 1. The Morgan fingerprint density at radius 2 is 1.87 bits per heavy atom. The van der Waals surface area contributed by atoms with Crippen LogP contribution >= 0.6 is 0 Å². The summed E-state index contributed by atoms with van der Waals surface area (Å²) in [5.74, 6) is 0.516. The van der Waals surface area contributed by atoms with E-state index >= 15 is 0 Å². The average Bonchev–Trinajstić information content (AvgIpc) is 3.22. The van der Waals surface area contributed by atoms with Gasteiger partial charge in [-0.25, -0.2) is 9.79 Å². The number of carbonyl (C=O) groups is 2. The maximum Gasteiger partial charge on any atom is 0.414 e. The standard InChI is InChI=1S/C23H29N5O3/c1-17(19-7-5-4-6-8-19)26-22(25-16-21(29)27(2)3)24-15-18-9-11-20(12-10-18)28-13-14-31-23(28)30/h4-12,17H,13-16H2,1-3H3,(H2,24,25,26). The quantitative estimate of drug-likeness (QED) is 0.528. The van der Waals surface area contributed by atoms with Crippen LogP contribution in [0.25, 0.3) is 0 Å². The maximum atomic E-state index is 12.0. The number of rotatable bonds is 7. The summed E-state index contributed by atoms with van der Waals surface area (Å²) in [5.41, 5.74) is 2.92. The Bertz CT molecular complexity index is 913. The lowest BCUT2D eigenvalue weighted by atomic mass is 10.1. The SMILES string of the molecule is CC(NC(=NCc1ccc(N2CCOC2=O)cc1)NCC(=O)N(C)C)c1ccccc1. The van der Waals surface area contributed by atoms with Gasteiger partial charge < -0.3 is 20.3 Å². The van der Waals surface area contributed by atoms with Crippen molar-refractivity contribution in [1.82, 2.24) is 15.5 Å². The molecule has 1 aliphatic rings. The van der Waals surface area contributed by atoms with Gasteiger partial charge in [-0.2, -0.15) is 0 Å². The summed E-state index contributed by atoms with van der Waals surface area (Å²) in [6.07, 6.45) is -0.318. The third-order valence-corrected chi connectivity index (χ3v) is 4.99. The van der Waals surface area contributed by atoms with Crippen LogP contribution in [0.1, 0.15) is 24.1 Å². The second-order valence-electron chi connectivity index (χ2n) is 7.52. The highest BCUT2D eigenvalue weighted by Gasteiger charge is 2.23. The van der Waals surface area contributed by atoms with E-state index in [2.05, 4.69) is 15.6 Å². The maximum absolute atomic E-state index is 12.0. The van der Waals surface area contributed by atoms with Gasteiger partial charge in [0.2, 0.25) is 5.91 Å². The van der Waals surface area contributed by atoms with Gasteiger partial charge in [-0.15, -0.1) is 0 Å². The molecule has 2 aromatic rings. The Morgan fingerprint density at radius 3 is 2.48 bits per heavy atom. The molecule has 0 aliphatic carbocycles. The van der Waals surface area contributed by atoms with E-state index in [9.17, 15) is 9.59 Å². The molecule has 2 amide bonds. The minimum Gasteiger partial charge on any atom is -0.447 e. The summed E-state index contributed by atoms with van der Waals surface area (Å²) in [5, 5.41) is 6.47. The molecular weight excluding hydrogens is 394 g/mol. The van der Waals surface area contributed by atoms with Gasteiger partial charge in [0.15, 0.2) is 5.96 Å². The highest BCUT2D eigenvalue weighted by Crippen LogP contribution is 2.19. The van der Waals surface area contributed by atoms with Crippen molar-refractivity contribution in [2.24, 2.45) is 4.99 Å². The Balaban J connectivity index is 1.68. The number of hydrogen-bond donors (Lipinski definition) is 2. The molecule has 0 bridgehead atoms. The number of nitrogens with zero attached hydrogens (tertiary/aromatic N) is 3. The molecule has 8 heteroatoms. The van der Waals surface area contributed by atoms with Crippen molar-refractivity contribution in [1.29, 1.82) is 0 Å². The fraction of sp³-hybridized carbons (Fsp3) is 0.348. The first-order valence-corrected chi connectivity index (χ1v) is 10.3. The van der Waals surface area contributed by atoms with Crippen molar-refractivity contribution >= 4 is 23.6 Å². The lowest BCUT2D eigenvalue weighted by molar-refractivity contribution is -0.127. The van der Waals surface area contributed by atoms with Gasteiger partial charge in [0.25, 0.3) is 0 Å². The number of likely N-dealkylation sites (N-methyl/N-ethyl adjacent to an activating group) is 1. The molecule has 1 aliphatic heterocycles. The normalized spacial score (nSPS) is 14.7. The Morgan fingerprint density at radius 1 is 1.16 bits per heavy atom. The highest BCUT2D eigenvalue weighted by atomic mass is 16.6. The third kappa shape index (κ3) is 6.21. The minimum atomic E-state index is -0.318. The molecule has 0 spiro atoms. The van der Waals surface area contributed by atoms with E-state index in [0.29, 0.717) is 25.7 Å². The second kappa shape index (κ2) is 10.5. The molecule has 1 fully saturated rings. The van der Waals surface area contributed by atoms with E-state index in [1.807, 2.05) is 61.5 Å². The first-order valence-electron chi connectivity index (χ1n) is 10.3. The zero-order chi connectivity index (χ0) is 22.2. The van der Waals surface area contributed by atoms with Crippen molar-refractivity contribution in [2.45, 2.75) is 19.5 Å². The molecule has 31 heavy (non-hydrogen) atoms. The molecule has 164 valence electrons. The fourth-order valence-electron chi connectivity index (χ4n) is 3.08. The molecule has 1 heterocycles. The summed E-state index contributed by atoms with van der Waals surface area (Å²) in [4.78, 5) is 31.5. The number of ether oxygens (including phenoxy) is 1. The van der Waals surface area contributed by atoms with E-state index in [1.54, 1.807) is 19.0 Å². The molecule has 3 rings (SSSR count). The van der Waals surface area contributed by atoms with Crippen LogP contribution in [0.4, 0.5) is 10.5 Å². The second-order valence-corrected chi connectivity index (χ2v) is 7.52. The number of carbonyl (C=O) groups excluding carboxylic acids is 2. The van der Waals surface area contributed by atoms with Gasteiger partial charge in [0.05, 0.1) is 25.7 Å². The molecule has 8 nitrogen and oxygen atoms in total. The van der Waals surface area contributed by atoms with Crippen molar-refractivity contribution in [2.75, 3.05) is 38.7 Å². The lowest BCUT2D eigenvalue weighted by Crippen LogP contribution is -2.43. The Labute approximate surface area is 182 Å². The summed E-state index contributed by atoms with van der Waals surface area (Å²) in [6, 6.07) is 17.7. The van der Waals surface area contributed by atoms with Gasteiger partial charge in [-0.3, -0.25) is 9.69 Å². The van der Waals surface area contributed by atoms with Gasteiger partial charge in [0, 0.05) is 19.8 Å². The summed E-state index contributed by atoms with van der Waals surface area (Å²) in [7, 11) is 3.44. The average molecular weight is 424 g/mol. The van der Waals surface area contributed by atoms with Crippen LogP contribution in [0, 0.1) is 0 Å². The first-order chi connectivity index (χ1) is 14.9. The van der Waals surface area contributed by atoms with Crippen molar-refractivity contribution in [3.8, 4) is 0 Å². The van der Waals surface area contributed by atoms with Crippen LogP contribution in [0.15, 0.2) is 59.6 Å². The molecular formula is C23H29N5O3. The lowest BCUT2D eigenvalue weighted by Gasteiger charge is -2.19. The topological polar surface area (TPSA) is 86.3 Å². The smallest absolute Gasteiger partial charge is 0.414 e. The zero-order valence-electron chi connectivity index (χ0n) is 18.2. The largest absolute Gasteiger partial charge is 0.447 e. The Hall–Kier alpha value is -3.55. The number of amides is 2. The van der Waals surface area contributed by atoms with Gasteiger partial charge in [-0.1, -0.05) is 42.5 Å². The number of benzene rings is 2. The molecule has 0 radical (unpaired) electrons. The van der Waals surface area contributed by atoms with E-state index in [-0.39, 0.29) is 24.6 Å². The van der Waals surface area contributed by atoms with Gasteiger partial charge in [0.1, 0.15) is 6.61 Å². The molecule has 0 saturated carbocycles. The molecule has 1 unspecified atom stereocenters. The van der Waals surface area contributed by atoms with Crippen LogP contribution < -0.4 is 15.5 Å². The number of anilines is 1. The van der Waals surface area contributed by atoms with Crippen molar-refractivity contribution in [3.05, 3.63) is 65.7 Å². The van der Waals surface area contributed by atoms with E-state index in [0.717, 1.165) is 16.8 Å². The minimum absolute atomic E-state index is 0.0189. The highest BCUT2D eigenvalue weighted by molar-refractivity contribution is 5.89. The van der Waals surface area contributed by atoms with Crippen LogP contribution in [0.3, 0.4) is 0 Å². The summed E-state index contributed by atoms with van der Waals surface area (Å²) >= 11 is 0. The Kier molecular flexibility index (Phi) is 7.48.